The van der Waals surface area contributed by atoms with Gasteiger partial charge in [0.2, 0.25) is 10.0 Å². The van der Waals surface area contributed by atoms with Crippen molar-refractivity contribution < 1.29 is 28.0 Å². The molecule has 0 aromatic heterocycles. The number of aliphatic hydroxyl groups is 1. The van der Waals surface area contributed by atoms with Crippen molar-refractivity contribution in [3.05, 3.63) is 39.9 Å². The van der Waals surface area contributed by atoms with Gasteiger partial charge in [-0.2, -0.15) is 0 Å². The van der Waals surface area contributed by atoms with Crippen LogP contribution in [0, 0.1) is 10.1 Å². The van der Waals surface area contributed by atoms with Gasteiger partial charge < -0.3 is 9.84 Å². The Morgan fingerprint density at radius 1 is 1.48 bits per heavy atom. The summed E-state index contributed by atoms with van der Waals surface area (Å²) in [5, 5.41) is 20.1. The maximum Gasteiger partial charge on any atom is 0.336 e. The molecule has 116 valence electrons. The minimum absolute atomic E-state index is 0.00237. The van der Waals surface area contributed by atoms with Gasteiger partial charge in [-0.3, -0.25) is 10.1 Å². The maximum atomic E-state index is 11.8. The first-order valence-electron chi connectivity index (χ1n) is 5.72. The van der Waals surface area contributed by atoms with E-state index in [-0.39, 0.29) is 11.3 Å². The van der Waals surface area contributed by atoms with E-state index in [4.69, 9.17) is 0 Å². The van der Waals surface area contributed by atoms with Gasteiger partial charge in [-0.05, 0) is 0 Å². The number of methoxy groups -OCH3 is 1. The van der Waals surface area contributed by atoms with Crippen molar-refractivity contribution in [1.29, 1.82) is 0 Å². The summed E-state index contributed by atoms with van der Waals surface area (Å²) in [4.78, 5) is 21.0. The Kier molecular flexibility index (Phi) is 5.76. The van der Waals surface area contributed by atoms with Crippen LogP contribution in [0.15, 0.2) is 24.3 Å². The van der Waals surface area contributed by atoms with Gasteiger partial charge in [-0.1, -0.05) is 18.2 Å². The molecule has 0 heterocycles. The zero-order valence-corrected chi connectivity index (χ0v) is 11.9. The van der Waals surface area contributed by atoms with Crippen molar-refractivity contribution in [2.75, 3.05) is 13.7 Å². The summed E-state index contributed by atoms with van der Waals surface area (Å²) in [5.74, 6) is -1.62. The molecule has 2 N–H and O–H groups in total. The Balaban J connectivity index is 2.78. The van der Waals surface area contributed by atoms with Crippen molar-refractivity contribution in [3.63, 3.8) is 0 Å². The second-order valence-electron chi connectivity index (χ2n) is 4.03. The van der Waals surface area contributed by atoms with E-state index in [1.165, 1.54) is 24.3 Å². The second-order valence-corrected chi connectivity index (χ2v) is 5.84. The number of sulfonamides is 1. The molecule has 0 saturated carbocycles. The molecule has 0 fully saturated rings. The lowest BCUT2D eigenvalue weighted by Crippen LogP contribution is -2.37. The monoisotopic (exact) mass is 318 g/mol. The first-order valence-corrected chi connectivity index (χ1v) is 7.37. The number of carbonyl (C=O) groups is 1. The van der Waals surface area contributed by atoms with E-state index in [1.807, 2.05) is 4.72 Å². The lowest BCUT2D eigenvalue weighted by Gasteiger charge is -2.10. The van der Waals surface area contributed by atoms with Crippen LogP contribution in [0.1, 0.15) is 5.56 Å². The van der Waals surface area contributed by atoms with E-state index in [1.54, 1.807) is 0 Å². The molecule has 0 aliphatic heterocycles. The number of hydrogen-bond acceptors (Lipinski definition) is 7. The molecule has 0 radical (unpaired) electrons. The van der Waals surface area contributed by atoms with E-state index in [2.05, 4.69) is 4.74 Å². The van der Waals surface area contributed by atoms with Crippen LogP contribution >= 0.6 is 0 Å². The van der Waals surface area contributed by atoms with Crippen LogP contribution in [0.5, 0.6) is 0 Å². The first-order chi connectivity index (χ1) is 9.76. The van der Waals surface area contributed by atoms with Gasteiger partial charge in [0.05, 0.1) is 17.8 Å². The summed E-state index contributed by atoms with van der Waals surface area (Å²) in [6.45, 7) is -0.574. The normalized spacial score (nSPS) is 12.7. The summed E-state index contributed by atoms with van der Waals surface area (Å²) in [6, 6.07) is 5.39. The average molecular weight is 318 g/mol. The molecule has 0 spiro atoms. The summed E-state index contributed by atoms with van der Waals surface area (Å²) >= 11 is 0. The van der Waals surface area contributed by atoms with Crippen LogP contribution in [-0.2, 0) is 25.3 Å². The number of benzene rings is 1. The van der Waals surface area contributed by atoms with Crippen LogP contribution in [0.4, 0.5) is 5.69 Å². The topological polar surface area (TPSA) is 136 Å². The Morgan fingerprint density at radius 3 is 2.67 bits per heavy atom. The first kappa shape index (κ1) is 17.0. The Labute approximate surface area is 120 Å². The summed E-state index contributed by atoms with van der Waals surface area (Å²) in [6.07, 6.45) is -1.64. The fourth-order valence-corrected chi connectivity index (χ4v) is 2.66. The lowest BCUT2D eigenvalue weighted by molar-refractivity contribution is -0.385. The number of carbonyl (C=O) groups excluding carboxylic acids is 1. The number of ether oxygens (including phenoxy) is 1. The third-order valence-corrected chi connectivity index (χ3v) is 3.80. The Morgan fingerprint density at radius 2 is 2.10 bits per heavy atom. The zero-order valence-electron chi connectivity index (χ0n) is 11.1. The van der Waals surface area contributed by atoms with Crippen molar-refractivity contribution in [2.24, 2.45) is 0 Å². The number of hydrogen-bond donors (Lipinski definition) is 2. The van der Waals surface area contributed by atoms with E-state index >= 15 is 0 Å². The third-order valence-electron chi connectivity index (χ3n) is 2.50. The Hall–Kier alpha value is -2.04. The van der Waals surface area contributed by atoms with E-state index in [0.29, 0.717) is 0 Å². The quantitative estimate of drug-likeness (QED) is 0.394. The molecule has 21 heavy (non-hydrogen) atoms. The summed E-state index contributed by atoms with van der Waals surface area (Å²) < 4.78 is 29.8. The number of nitrogens with zero attached hydrogens (tertiary/aromatic N) is 1. The molecule has 1 aromatic rings. The SMILES string of the molecule is COC(=O)C(O)CNS(=O)(=O)Cc1ccccc1[N+](=O)[O-]. The van der Waals surface area contributed by atoms with Crippen molar-refractivity contribution in [3.8, 4) is 0 Å². The van der Waals surface area contributed by atoms with Crippen LogP contribution in [0.2, 0.25) is 0 Å². The number of esters is 1. The van der Waals surface area contributed by atoms with Crippen molar-refractivity contribution in [2.45, 2.75) is 11.9 Å². The second kappa shape index (κ2) is 7.11. The highest BCUT2D eigenvalue weighted by molar-refractivity contribution is 7.88. The molecular formula is C11H14N2O7S. The zero-order chi connectivity index (χ0) is 16.0. The predicted octanol–water partition coefficient (Wildman–Crippen LogP) is -0.452. The third kappa shape index (κ3) is 5.10. The Bertz CT molecular complexity index is 629. The molecule has 9 nitrogen and oxygen atoms in total. The van der Waals surface area contributed by atoms with Crippen molar-refractivity contribution >= 4 is 21.7 Å². The van der Waals surface area contributed by atoms with E-state index < -0.39 is 39.3 Å². The standard InChI is InChI=1S/C11H14N2O7S/c1-20-11(15)10(14)6-12-21(18,19)7-8-4-2-3-5-9(8)13(16)17/h2-5,10,12,14H,6-7H2,1H3. The number of rotatable bonds is 7. The average Bonchev–Trinajstić information content (AvgIpc) is 2.43. The number of nitrogens with one attached hydrogen (secondary N) is 1. The maximum absolute atomic E-state index is 11.8. The van der Waals surface area contributed by atoms with Gasteiger partial charge in [0, 0.05) is 18.2 Å². The van der Waals surface area contributed by atoms with Crippen LogP contribution in [-0.4, -0.2) is 44.2 Å². The molecule has 0 aliphatic rings. The molecule has 1 rings (SSSR count). The highest BCUT2D eigenvalue weighted by Crippen LogP contribution is 2.19. The van der Waals surface area contributed by atoms with Gasteiger partial charge in [-0.25, -0.2) is 17.9 Å². The van der Waals surface area contributed by atoms with E-state index in [9.17, 15) is 28.4 Å². The number of aliphatic hydroxyl groups excluding tert-OH is 1. The van der Waals surface area contributed by atoms with Gasteiger partial charge >= 0.3 is 5.97 Å². The largest absolute Gasteiger partial charge is 0.467 e. The van der Waals surface area contributed by atoms with Gasteiger partial charge in [-0.15, -0.1) is 0 Å². The molecule has 1 atom stereocenters. The highest BCUT2D eigenvalue weighted by Gasteiger charge is 2.22. The number of para-hydroxylation sites is 1. The molecule has 0 aliphatic carbocycles. The minimum Gasteiger partial charge on any atom is -0.467 e. The number of nitro benzene ring substituents is 1. The van der Waals surface area contributed by atoms with Crippen LogP contribution in [0.25, 0.3) is 0 Å². The molecule has 10 heteroatoms. The molecular weight excluding hydrogens is 304 g/mol. The molecule has 1 unspecified atom stereocenters. The van der Waals surface area contributed by atoms with Crippen LogP contribution in [0.3, 0.4) is 0 Å². The molecule has 0 amide bonds. The highest BCUT2D eigenvalue weighted by atomic mass is 32.2. The van der Waals surface area contributed by atoms with Gasteiger partial charge in [0.25, 0.3) is 5.69 Å². The molecule has 1 aromatic carbocycles. The fourth-order valence-electron chi connectivity index (χ4n) is 1.49. The fraction of sp³-hybridized carbons (Fsp3) is 0.364. The summed E-state index contributed by atoms with van der Waals surface area (Å²) in [5.41, 5.74) is -0.320. The molecule has 0 bridgehead atoms. The van der Waals surface area contributed by atoms with Crippen molar-refractivity contribution in [1.82, 2.24) is 4.72 Å². The summed E-state index contributed by atoms with van der Waals surface area (Å²) in [7, 11) is -2.90. The predicted molar refractivity (Wildman–Crippen MR) is 71.7 cm³/mol. The minimum atomic E-state index is -3.95. The smallest absolute Gasteiger partial charge is 0.336 e. The van der Waals surface area contributed by atoms with Crippen LogP contribution < -0.4 is 4.72 Å². The van der Waals surface area contributed by atoms with E-state index in [0.717, 1.165) is 7.11 Å². The number of nitro groups is 1. The van der Waals surface area contributed by atoms with Gasteiger partial charge in [0.15, 0.2) is 6.10 Å². The molecule has 0 saturated heterocycles. The van der Waals surface area contributed by atoms with Gasteiger partial charge in [0.1, 0.15) is 0 Å². The lowest BCUT2D eigenvalue weighted by atomic mass is 10.2.